The molecule has 30 heavy (non-hydrogen) atoms. The fourth-order valence-electron chi connectivity index (χ4n) is 3.50. The first-order valence-electron chi connectivity index (χ1n) is 9.88. The van der Waals surface area contributed by atoms with Crippen LogP contribution in [0.2, 0.25) is 0 Å². The molecule has 0 aliphatic carbocycles. The number of hydrogen-bond donors (Lipinski definition) is 2. The molecule has 1 heterocycles. The molecule has 0 amide bonds. The number of guanidine groups is 1. The van der Waals surface area contributed by atoms with Gasteiger partial charge >= 0.3 is 6.18 Å². The number of alkyl halides is 3. The fourth-order valence-corrected chi connectivity index (χ4v) is 3.50. The molecule has 1 saturated heterocycles. The second kappa shape index (κ2) is 9.73. The zero-order valence-electron chi connectivity index (χ0n) is 17.2. The molecule has 8 heteroatoms. The number of anilines is 1. The summed E-state index contributed by atoms with van der Waals surface area (Å²) in [5.74, 6) is 1.96. The molecule has 2 aromatic carbocycles. The van der Waals surface area contributed by atoms with Crippen LogP contribution in [0.4, 0.5) is 18.9 Å². The van der Waals surface area contributed by atoms with E-state index >= 15 is 0 Å². The lowest BCUT2D eigenvalue weighted by Gasteiger charge is -2.20. The monoisotopic (exact) mass is 420 g/mol. The summed E-state index contributed by atoms with van der Waals surface area (Å²) in [6.45, 7) is 3.10. The molecule has 1 atom stereocenters. The molecule has 0 saturated carbocycles. The molecule has 0 radical (unpaired) electrons. The first-order chi connectivity index (χ1) is 14.4. The molecular weight excluding hydrogens is 393 g/mol. The number of nitrogens with one attached hydrogen (secondary N) is 2. The number of aliphatic imine (C=N–C) groups is 1. The lowest BCUT2D eigenvalue weighted by atomic mass is 10.1. The van der Waals surface area contributed by atoms with Gasteiger partial charge in [-0.05, 0) is 42.2 Å². The van der Waals surface area contributed by atoms with Crippen LogP contribution in [0.1, 0.15) is 17.5 Å². The SMILES string of the molecule is CN=C(NCc1ccc(C(F)(F)F)cc1)NCC1CCN(c2cccc(OC)c2)C1. The van der Waals surface area contributed by atoms with Gasteiger partial charge in [0.1, 0.15) is 5.75 Å². The van der Waals surface area contributed by atoms with E-state index in [2.05, 4.69) is 26.6 Å². The largest absolute Gasteiger partial charge is 0.497 e. The number of benzene rings is 2. The van der Waals surface area contributed by atoms with E-state index in [1.54, 1.807) is 14.2 Å². The Morgan fingerprint density at radius 1 is 1.17 bits per heavy atom. The highest BCUT2D eigenvalue weighted by molar-refractivity contribution is 5.79. The quantitative estimate of drug-likeness (QED) is 0.550. The summed E-state index contributed by atoms with van der Waals surface area (Å²) in [4.78, 5) is 6.55. The van der Waals surface area contributed by atoms with Gasteiger partial charge in [-0.25, -0.2) is 0 Å². The maximum Gasteiger partial charge on any atom is 0.416 e. The van der Waals surface area contributed by atoms with Crippen molar-refractivity contribution in [1.29, 1.82) is 0 Å². The molecule has 2 N–H and O–H groups in total. The molecular formula is C22H27F3N4O. The Morgan fingerprint density at radius 3 is 2.60 bits per heavy atom. The lowest BCUT2D eigenvalue weighted by molar-refractivity contribution is -0.137. The number of ether oxygens (including phenoxy) is 1. The second-order valence-electron chi connectivity index (χ2n) is 7.30. The molecule has 2 aromatic rings. The Labute approximate surface area is 174 Å². The van der Waals surface area contributed by atoms with E-state index in [9.17, 15) is 13.2 Å². The van der Waals surface area contributed by atoms with Crippen molar-refractivity contribution in [2.45, 2.75) is 19.1 Å². The molecule has 1 aliphatic rings. The minimum absolute atomic E-state index is 0.401. The van der Waals surface area contributed by atoms with Crippen molar-refractivity contribution in [1.82, 2.24) is 10.6 Å². The topological polar surface area (TPSA) is 48.9 Å². The predicted molar refractivity (Wildman–Crippen MR) is 113 cm³/mol. The maximum atomic E-state index is 12.7. The summed E-state index contributed by atoms with van der Waals surface area (Å²) >= 11 is 0. The van der Waals surface area contributed by atoms with Crippen molar-refractivity contribution in [3.63, 3.8) is 0 Å². The summed E-state index contributed by atoms with van der Waals surface area (Å²) in [6.07, 6.45) is -3.25. The molecule has 162 valence electrons. The molecule has 3 rings (SSSR count). The molecule has 1 fully saturated rings. The normalized spacial score (nSPS) is 17.2. The third kappa shape index (κ3) is 5.81. The molecule has 0 spiro atoms. The highest BCUT2D eigenvalue weighted by atomic mass is 19.4. The van der Waals surface area contributed by atoms with Crippen molar-refractivity contribution >= 4 is 11.6 Å². The van der Waals surface area contributed by atoms with Crippen LogP contribution in [0.3, 0.4) is 0 Å². The second-order valence-corrected chi connectivity index (χ2v) is 7.30. The van der Waals surface area contributed by atoms with Crippen molar-refractivity contribution in [3.05, 3.63) is 59.7 Å². The fraction of sp³-hybridized carbons (Fsp3) is 0.409. The zero-order chi connectivity index (χ0) is 21.6. The molecule has 0 aromatic heterocycles. The highest BCUT2D eigenvalue weighted by Crippen LogP contribution is 2.29. The Balaban J connectivity index is 1.45. The molecule has 1 unspecified atom stereocenters. The lowest BCUT2D eigenvalue weighted by Crippen LogP contribution is -2.39. The first kappa shape index (κ1) is 21.8. The minimum Gasteiger partial charge on any atom is -0.497 e. The first-order valence-corrected chi connectivity index (χ1v) is 9.88. The van der Waals surface area contributed by atoms with E-state index in [-0.39, 0.29) is 0 Å². The summed E-state index contributed by atoms with van der Waals surface area (Å²) in [6, 6.07) is 13.2. The van der Waals surface area contributed by atoms with Crippen molar-refractivity contribution in [2.24, 2.45) is 10.9 Å². The number of nitrogens with zero attached hydrogens (tertiary/aromatic N) is 2. The van der Waals surface area contributed by atoms with Gasteiger partial charge in [0.15, 0.2) is 5.96 Å². The number of halogens is 3. The van der Waals surface area contributed by atoms with Crippen LogP contribution in [0, 0.1) is 5.92 Å². The molecule has 0 bridgehead atoms. The van der Waals surface area contributed by atoms with Crippen molar-refractivity contribution in [3.8, 4) is 5.75 Å². The van der Waals surface area contributed by atoms with Crippen LogP contribution in [0.5, 0.6) is 5.75 Å². The van der Waals surface area contributed by atoms with Gasteiger partial charge in [0.2, 0.25) is 0 Å². The van der Waals surface area contributed by atoms with Crippen molar-refractivity contribution in [2.75, 3.05) is 38.7 Å². The average Bonchev–Trinajstić information content (AvgIpc) is 3.23. The predicted octanol–water partition coefficient (Wildman–Crippen LogP) is 3.91. The van der Waals surface area contributed by atoms with Crippen LogP contribution in [0.15, 0.2) is 53.5 Å². The van der Waals surface area contributed by atoms with Gasteiger partial charge in [0, 0.05) is 45.0 Å². The Hall–Kier alpha value is -2.90. The van der Waals surface area contributed by atoms with Gasteiger partial charge < -0.3 is 20.3 Å². The van der Waals surface area contributed by atoms with E-state index in [4.69, 9.17) is 4.74 Å². The minimum atomic E-state index is -4.32. The van der Waals surface area contributed by atoms with Gasteiger partial charge in [-0.1, -0.05) is 18.2 Å². The molecule has 1 aliphatic heterocycles. The summed E-state index contributed by atoms with van der Waals surface area (Å²) in [7, 11) is 3.35. The number of rotatable bonds is 6. The highest BCUT2D eigenvalue weighted by Gasteiger charge is 2.29. The Bertz CT molecular complexity index is 852. The number of methoxy groups -OCH3 is 1. The van der Waals surface area contributed by atoms with Gasteiger partial charge in [-0.15, -0.1) is 0 Å². The van der Waals surface area contributed by atoms with Crippen LogP contribution in [-0.2, 0) is 12.7 Å². The van der Waals surface area contributed by atoms with E-state index in [0.717, 1.165) is 55.2 Å². The van der Waals surface area contributed by atoms with Gasteiger partial charge in [-0.3, -0.25) is 4.99 Å². The Morgan fingerprint density at radius 2 is 1.93 bits per heavy atom. The smallest absolute Gasteiger partial charge is 0.416 e. The molecule has 5 nitrogen and oxygen atoms in total. The van der Waals surface area contributed by atoms with Gasteiger partial charge in [-0.2, -0.15) is 13.2 Å². The zero-order valence-corrected chi connectivity index (χ0v) is 17.2. The van der Waals surface area contributed by atoms with Crippen molar-refractivity contribution < 1.29 is 17.9 Å². The van der Waals surface area contributed by atoms with Crippen LogP contribution in [-0.4, -0.2) is 39.8 Å². The third-order valence-electron chi connectivity index (χ3n) is 5.23. The summed E-state index contributed by atoms with van der Waals surface area (Å²) in [5.41, 5.74) is 1.27. The van der Waals surface area contributed by atoms with Gasteiger partial charge in [0.05, 0.1) is 12.7 Å². The van der Waals surface area contributed by atoms with Crippen LogP contribution in [0.25, 0.3) is 0 Å². The van der Waals surface area contributed by atoms with Crippen LogP contribution < -0.4 is 20.3 Å². The summed E-state index contributed by atoms with van der Waals surface area (Å²) in [5, 5.41) is 6.47. The Kier molecular flexibility index (Phi) is 7.07. The maximum absolute atomic E-state index is 12.7. The van der Waals surface area contributed by atoms with E-state index in [1.165, 1.54) is 12.1 Å². The number of hydrogen-bond acceptors (Lipinski definition) is 3. The van der Waals surface area contributed by atoms with E-state index in [1.807, 2.05) is 18.2 Å². The van der Waals surface area contributed by atoms with E-state index in [0.29, 0.717) is 18.4 Å². The van der Waals surface area contributed by atoms with Crippen LogP contribution >= 0.6 is 0 Å². The average molecular weight is 420 g/mol. The summed E-state index contributed by atoms with van der Waals surface area (Å²) < 4.78 is 43.3. The van der Waals surface area contributed by atoms with Gasteiger partial charge in [0.25, 0.3) is 0 Å². The van der Waals surface area contributed by atoms with E-state index < -0.39 is 11.7 Å². The third-order valence-corrected chi connectivity index (χ3v) is 5.23. The standard InChI is InChI=1S/C22H27F3N4O/c1-26-21(27-13-16-6-8-18(9-7-16)22(23,24)25)28-14-17-10-11-29(15-17)19-4-3-5-20(12-19)30-2/h3-9,12,17H,10-11,13-15H2,1-2H3,(H2,26,27,28).